The van der Waals surface area contributed by atoms with Crippen LogP contribution in [0.5, 0.6) is 0 Å². The highest BCUT2D eigenvalue weighted by atomic mass is 32.2. The van der Waals surface area contributed by atoms with Gasteiger partial charge in [0.25, 0.3) is 5.91 Å². The number of amides is 1. The Morgan fingerprint density at radius 3 is 2.40 bits per heavy atom. The number of carbonyl (C=O) groups excluding carboxylic acids is 1. The molecular formula is C15H13F2NOS. The lowest BCUT2D eigenvalue weighted by molar-refractivity contribution is 0.102. The molecule has 0 bridgehead atoms. The van der Waals surface area contributed by atoms with E-state index < -0.39 is 23.2 Å². The van der Waals surface area contributed by atoms with Gasteiger partial charge in [-0.25, -0.2) is 8.78 Å². The van der Waals surface area contributed by atoms with Crippen LogP contribution in [-0.4, -0.2) is 11.7 Å². The number of carbonyl (C=O) groups is 1. The van der Waals surface area contributed by atoms with E-state index in [0.29, 0.717) is 5.56 Å². The third kappa shape index (κ3) is 3.17. The lowest BCUT2D eigenvalue weighted by atomic mass is 10.2. The zero-order valence-electron chi connectivity index (χ0n) is 10.8. The van der Waals surface area contributed by atoms with Gasteiger partial charge in [-0.1, -0.05) is 25.1 Å². The first-order valence-corrected chi connectivity index (χ1v) is 7.09. The van der Waals surface area contributed by atoms with Gasteiger partial charge in [0, 0.05) is 4.90 Å². The van der Waals surface area contributed by atoms with Crippen molar-refractivity contribution in [3.63, 3.8) is 0 Å². The summed E-state index contributed by atoms with van der Waals surface area (Å²) in [7, 11) is 0. The van der Waals surface area contributed by atoms with Crippen LogP contribution in [0.2, 0.25) is 0 Å². The molecule has 0 saturated heterocycles. The highest BCUT2D eigenvalue weighted by Crippen LogP contribution is 2.24. The smallest absolute Gasteiger partial charge is 0.256 e. The first kappa shape index (κ1) is 14.5. The van der Waals surface area contributed by atoms with Crippen molar-refractivity contribution in [2.45, 2.75) is 11.8 Å². The largest absolute Gasteiger partial charge is 0.317 e. The van der Waals surface area contributed by atoms with Crippen LogP contribution in [0.3, 0.4) is 0 Å². The van der Waals surface area contributed by atoms with E-state index in [4.69, 9.17) is 0 Å². The van der Waals surface area contributed by atoms with Gasteiger partial charge in [0.1, 0.15) is 17.3 Å². The monoisotopic (exact) mass is 293 g/mol. The van der Waals surface area contributed by atoms with Crippen molar-refractivity contribution in [1.82, 2.24) is 0 Å². The molecule has 20 heavy (non-hydrogen) atoms. The molecule has 0 atom stereocenters. The molecule has 0 spiro atoms. The molecule has 2 nitrogen and oxygen atoms in total. The Bertz CT molecular complexity index is 611. The quantitative estimate of drug-likeness (QED) is 0.850. The molecule has 0 unspecified atom stereocenters. The van der Waals surface area contributed by atoms with Crippen LogP contribution in [0, 0.1) is 11.6 Å². The molecule has 5 heteroatoms. The second-order valence-electron chi connectivity index (χ2n) is 3.98. The lowest BCUT2D eigenvalue weighted by Crippen LogP contribution is -2.15. The summed E-state index contributed by atoms with van der Waals surface area (Å²) < 4.78 is 27.0. The Balaban J connectivity index is 2.29. The molecule has 2 aromatic carbocycles. The van der Waals surface area contributed by atoms with Crippen LogP contribution in [0.1, 0.15) is 17.3 Å². The number of hydrogen-bond acceptors (Lipinski definition) is 2. The van der Waals surface area contributed by atoms with Gasteiger partial charge in [-0.05, 0) is 30.0 Å². The fourth-order valence-corrected chi connectivity index (χ4v) is 2.54. The topological polar surface area (TPSA) is 29.1 Å². The maximum atomic E-state index is 13.5. The molecule has 2 rings (SSSR count). The molecule has 0 fully saturated rings. The van der Waals surface area contributed by atoms with Crippen molar-refractivity contribution in [3.05, 3.63) is 59.7 Å². The summed E-state index contributed by atoms with van der Waals surface area (Å²) >= 11 is 1.50. The molecule has 1 amide bonds. The van der Waals surface area contributed by atoms with Crippen LogP contribution in [0.15, 0.2) is 47.4 Å². The van der Waals surface area contributed by atoms with Crippen molar-refractivity contribution < 1.29 is 13.6 Å². The number of thioether (sulfide) groups is 1. The van der Waals surface area contributed by atoms with Crippen molar-refractivity contribution in [1.29, 1.82) is 0 Å². The van der Waals surface area contributed by atoms with Gasteiger partial charge in [-0.15, -0.1) is 11.8 Å². The van der Waals surface area contributed by atoms with Crippen molar-refractivity contribution >= 4 is 23.4 Å². The molecule has 0 aliphatic heterocycles. The maximum Gasteiger partial charge on any atom is 0.256 e. The Morgan fingerprint density at radius 1 is 1.10 bits per heavy atom. The normalized spacial score (nSPS) is 10.3. The number of hydrogen-bond donors (Lipinski definition) is 1. The van der Waals surface area contributed by atoms with Gasteiger partial charge in [0.05, 0.1) is 5.56 Å². The highest BCUT2D eigenvalue weighted by Gasteiger charge is 2.15. The lowest BCUT2D eigenvalue weighted by Gasteiger charge is -2.10. The van der Waals surface area contributed by atoms with Gasteiger partial charge in [-0.2, -0.15) is 0 Å². The highest BCUT2D eigenvalue weighted by molar-refractivity contribution is 7.99. The molecular weight excluding hydrogens is 280 g/mol. The molecule has 1 N–H and O–H groups in total. The molecule has 0 saturated carbocycles. The summed E-state index contributed by atoms with van der Waals surface area (Å²) in [6.07, 6.45) is 0. The summed E-state index contributed by atoms with van der Waals surface area (Å²) in [5.74, 6) is -1.30. The van der Waals surface area contributed by atoms with E-state index in [0.717, 1.165) is 22.8 Å². The summed E-state index contributed by atoms with van der Waals surface area (Å²) in [6.45, 7) is 1.97. The van der Waals surface area contributed by atoms with Gasteiger partial charge in [0.15, 0.2) is 0 Å². The van der Waals surface area contributed by atoms with Crippen LogP contribution in [0.4, 0.5) is 14.5 Å². The minimum Gasteiger partial charge on any atom is -0.317 e. The van der Waals surface area contributed by atoms with E-state index in [-0.39, 0.29) is 0 Å². The Morgan fingerprint density at radius 2 is 1.75 bits per heavy atom. The van der Waals surface area contributed by atoms with Gasteiger partial charge < -0.3 is 5.32 Å². The number of anilines is 1. The van der Waals surface area contributed by atoms with E-state index in [1.165, 1.54) is 17.8 Å². The molecule has 0 radical (unpaired) electrons. The summed E-state index contributed by atoms with van der Waals surface area (Å²) in [6, 6.07) is 10.4. The second-order valence-corrected chi connectivity index (χ2v) is 5.29. The standard InChI is InChI=1S/C15H13F2NOS/c1-2-20-13-9-4-3-6-10(13)15(19)18-14-11(16)7-5-8-12(14)17/h3-9H,2H2,1H3,(H,18,19). The van der Waals surface area contributed by atoms with Crippen molar-refractivity contribution in [3.8, 4) is 0 Å². The van der Waals surface area contributed by atoms with Crippen LogP contribution >= 0.6 is 11.8 Å². The van der Waals surface area contributed by atoms with E-state index in [9.17, 15) is 13.6 Å². The fraction of sp³-hybridized carbons (Fsp3) is 0.133. The average molecular weight is 293 g/mol. The second kappa shape index (κ2) is 6.52. The van der Waals surface area contributed by atoms with Gasteiger partial charge >= 0.3 is 0 Å². The van der Waals surface area contributed by atoms with Crippen LogP contribution in [-0.2, 0) is 0 Å². The van der Waals surface area contributed by atoms with E-state index in [1.54, 1.807) is 18.2 Å². The van der Waals surface area contributed by atoms with Crippen LogP contribution in [0.25, 0.3) is 0 Å². The molecule has 2 aromatic rings. The zero-order chi connectivity index (χ0) is 14.5. The third-order valence-corrected chi connectivity index (χ3v) is 3.59. The van der Waals surface area contributed by atoms with Crippen LogP contribution < -0.4 is 5.32 Å². The molecule has 104 valence electrons. The summed E-state index contributed by atoms with van der Waals surface area (Å²) in [5, 5.41) is 2.29. The first-order chi connectivity index (χ1) is 9.63. The maximum absolute atomic E-state index is 13.5. The zero-order valence-corrected chi connectivity index (χ0v) is 11.6. The third-order valence-electron chi connectivity index (χ3n) is 2.63. The number of halogens is 2. The number of para-hydroxylation sites is 1. The predicted octanol–water partition coefficient (Wildman–Crippen LogP) is 4.33. The Labute approximate surface area is 120 Å². The summed E-state index contributed by atoms with van der Waals surface area (Å²) in [5.41, 5.74) is -0.0178. The van der Waals surface area contributed by atoms with E-state index in [1.807, 2.05) is 13.0 Å². The fourth-order valence-electron chi connectivity index (χ4n) is 1.73. The molecule has 0 aliphatic carbocycles. The average Bonchev–Trinajstić information content (AvgIpc) is 2.44. The minimum absolute atomic E-state index is 0.405. The van der Waals surface area contributed by atoms with Gasteiger partial charge in [0.2, 0.25) is 0 Å². The van der Waals surface area contributed by atoms with E-state index in [2.05, 4.69) is 5.32 Å². The number of benzene rings is 2. The molecule has 0 aromatic heterocycles. The molecule has 0 aliphatic rings. The van der Waals surface area contributed by atoms with Crippen molar-refractivity contribution in [2.75, 3.05) is 11.1 Å². The summed E-state index contributed by atoms with van der Waals surface area (Å²) in [4.78, 5) is 12.9. The minimum atomic E-state index is -0.793. The van der Waals surface area contributed by atoms with E-state index >= 15 is 0 Å². The SMILES string of the molecule is CCSc1ccccc1C(=O)Nc1c(F)cccc1F. The molecule has 0 heterocycles. The van der Waals surface area contributed by atoms with Crippen molar-refractivity contribution in [2.24, 2.45) is 0 Å². The number of rotatable bonds is 4. The predicted molar refractivity (Wildman–Crippen MR) is 77.2 cm³/mol. The number of nitrogens with one attached hydrogen (secondary N) is 1. The Kier molecular flexibility index (Phi) is 4.74. The Hall–Kier alpha value is -1.88. The first-order valence-electron chi connectivity index (χ1n) is 6.10. The van der Waals surface area contributed by atoms with Gasteiger partial charge in [-0.3, -0.25) is 4.79 Å².